The molecular formula is C21H23BrClN3O4. The molecule has 0 aliphatic carbocycles. The maximum Gasteiger partial charge on any atom is 0.251 e. The van der Waals surface area contributed by atoms with Gasteiger partial charge in [-0.25, -0.2) is 0 Å². The molecule has 0 fully saturated rings. The normalized spacial score (nSPS) is 10.2. The average molecular weight is 497 g/mol. The zero-order valence-electron chi connectivity index (χ0n) is 16.5. The van der Waals surface area contributed by atoms with Gasteiger partial charge >= 0.3 is 0 Å². The fraction of sp³-hybridized carbons (Fsp3) is 0.286. The Morgan fingerprint density at radius 3 is 2.33 bits per heavy atom. The van der Waals surface area contributed by atoms with E-state index in [0.29, 0.717) is 23.6 Å². The zero-order valence-corrected chi connectivity index (χ0v) is 18.8. The van der Waals surface area contributed by atoms with Gasteiger partial charge in [0.15, 0.2) is 0 Å². The molecule has 0 saturated carbocycles. The van der Waals surface area contributed by atoms with Crippen molar-refractivity contribution in [3.63, 3.8) is 0 Å². The number of hydrogen-bond donors (Lipinski definition) is 3. The highest BCUT2D eigenvalue weighted by Gasteiger charge is 2.08. The van der Waals surface area contributed by atoms with E-state index in [4.69, 9.17) is 16.3 Å². The number of benzene rings is 2. The van der Waals surface area contributed by atoms with E-state index in [2.05, 4.69) is 32.1 Å². The van der Waals surface area contributed by atoms with E-state index in [0.717, 1.165) is 15.8 Å². The van der Waals surface area contributed by atoms with Crippen LogP contribution in [0.25, 0.3) is 0 Å². The summed E-state index contributed by atoms with van der Waals surface area (Å²) in [5.41, 5.74) is 6.10. The monoisotopic (exact) mass is 495 g/mol. The summed E-state index contributed by atoms with van der Waals surface area (Å²) in [6, 6.07) is 12.2. The lowest BCUT2D eigenvalue weighted by Crippen LogP contribution is -2.42. The Balaban J connectivity index is 1.56. The fourth-order valence-electron chi connectivity index (χ4n) is 2.45. The number of nitrogens with one attached hydrogen (secondary N) is 3. The second-order valence-corrected chi connectivity index (χ2v) is 7.82. The highest BCUT2D eigenvalue weighted by atomic mass is 79.9. The van der Waals surface area contributed by atoms with E-state index >= 15 is 0 Å². The number of carbonyl (C=O) groups is 3. The average Bonchev–Trinajstić information content (AvgIpc) is 2.71. The van der Waals surface area contributed by atoms with Crippen molar-refractivity contribution in [3.8, 4) is 5.75 Å². The highest BCUT2D eigenvalue weighted by Crippen LogP contribution is 2.21. The summed E-state index contributed by atoms with van der Waals surface area (Å²) in [6.45, 7) is 2.42. The van der Waals surface area contributed by atoms with Crippen molar-refractivity contribution in [1.29, 1.82) is 0 Å². The number of carbonyl (C=O) groups excluding carboxylic acids is 3. The standard InChI is InChI=1S/C21H23BrClN3O4/c1-14-13-17(23)8-9-18(14)30-12-2-3-19(27)25-26-20(28)10-11-24-21(29)15-4-6-16(22)7-5-15/h4-9,13H,2-3,10-12H2,1H3,(H,24,29)(H,25,27)(H,26,28). The molecule has 0 aromatic heterocycles. The first kappa shape index (κ1) is 23.7. The number of hydrogen-bond acceptors (Lipinski definition) is 4. The van der Waals surface area contributed by atoms with Crippen molar-refractivity contribution < 1.29 is 19.1 Å². The van der Waals surface area contributed by atoms with Gasteiger partial charge < -0.3 is 10.1 Å². The van der Waals surface area contributed by atoms with Gasteiger partial charge in [0, 0.05) is 34.4 Å². The number of rotatable bonds is 9. The lowest BCUT2D eigenvalue weighted by molar-refractivity contribution is -0.128. The molecule has 2 aromatic carbocycles. The quantitative estimate of drug-likeness (QED) is 0.365. The molecule has 0 radical (unpaired) electrons. The first-order valence-corrected chi connectivity index (χ1v) is 10.5. The third kappa shape index (κ3) is 8.42. The van der Waals surface area contributed by atoms with E-state index in [9.17, 15) is 14.4 Å². The highest BCUT2D eigenvalue weighted by molar-refractivity contribution is 9.10. The molecule has 7 nitrogen and oxygen atoms in total. The largest absolute Gasteiger partial charge is 0.493 e. The number of amides is 3. The summed E-state index contributed by atoms with van der Waals surface area (Å²) < 4.78 is 6.49. The van der Waals surface area contributed by atoms with Gasteiger partial charge in [-0.05, 0) is 61.4 Å². The topological polar surface area (TPSA) is 96.5 Å². The molecule has 0 atom stereocenters. The van der Waals surface area contributed by atoms with Crippen molar-refractivity contribution in [2.24, 2.45) is 0 Å². The van der Waals surface area contributed by atoms with E-state index in [1.165, 1.54) is 0 Å². The van der Waals surface area contributed by atoms with Gasteiger partial charge in [0.05, 0.1) is 6.61 Å². The summed E-state index contributed by atoms with van der Waals surface area (Å²) in [5, 5.41) is 3.29. The fourth-order valence-corrected chi connectivity index (χ4v) is 2.94. The van der Waals surface area contributed by atoms with Crippen LogP contribution in [0.5, 0.6) is 5.75 Å². The molecule has 0 saturated heterocycles. The lowest BCUT2D eigenvalue weighted by Gasteiger charge is -2.10. The van der Waals surface area contributed by atoms with Crippen LogP contribution < -0.4 is 20.9 Å². The number of aryl methyl sites for hydroxylation is 1. The van der Waals surface area contributed by atoms with Crippen molar-refractivity contribution >= 4 is 45.3 Å². The molecule has 2 rings (SSSR count). The minimum absolute atomic E-state index is 0.0432. The van der Waals surface area contributed by atoms with Gasteiger partial charge in [-0.2, -0.15) is 0 Å². The maximum atomic E-state index is 11.9. The van der Waals surface area contributed by atoms with E-state index in [1.54, 1.807) is 42.5 Å². The first-order valence-electron chi connectivity index (χ1n) is 9.35. The first-order chi connectivity index (χ1) is 14.3. The zero-order chi connectivity index (χ0) is 21.9. The third-order valence-electron chi connectivity index (χ3n) is 4.03. The number of ether oxygens (including phenoxy) is 1. The summed E-state index contributed by atoms with van der Waals surface area (Å²) in [4.78, 5) is 35.5. The molecule has 3 N–H and O–H groups in total. The summed E-state index contributed by atoms with van der Waals surface area (Å²) in [5.74, 6) is -0.264. The van der Waals surface area contributed by atoms with Crippen LogP contribution in [0.15, 0.2) is 46.9 Å². The molecule has 0 aliphatic rings. The molecule has 30 heavy (non-hydrogen) atoms. The predicted octanol–water partition coefficient (Wildman–Crippen LogP) is 3.54. The van der Waals surface area contributed by atoms with Crippen molar-refractivity contribution in [3.05, 3.63) is 63.1 Å². The summed E-state index contributed by atoms with van der Waals surface area (Å²) in [6.07, 6.45) is 0.738. The van der Waals surface area contributed by atoms with Crippen LogP contribution in [0, 0.1) is 6.92 Å². The van der Waals surface area contributed by atoms with E-state index in [-0.39, 0.29) is 31.2 Å². The van der Waals surface area contributed by atoms with Crippen LogP contribution >= 0.6 is 27.5 Å². The van der Waals surface area contributed by atoms with Gasteiger partial charge in [0.2, 0.25) is 11.8 Å². The molecule has 0 spiro atoms. The van der Waals surface area contributed by atoms with Gasteiger partial charge in [-0.3, -0.25) is 25.2 Å². The van der Waals surface area contributed by atoms with Gasteiger partial charge in [-0.1, -0.05) is 27.5 Å². The van der Waals surface area contributed by atoms with Crippen LogP contribution in [0.4, 0.5) is 0 Å². The Labute approximate surface area is 188 Å². The smallest absolute Gasteiger partial charge is 0.251 e. The minimum atomic E-state index is -0.396. The molecule has 0 unspecified atom stereocenters. The SMILES string of the molecule is Cc1cc(Cl)ccc1OCCCC(=O)NNC(=O)CCNC(=O)c1ccc(Br)cc1. The molecule has 160 valence electrons. The van der Waals surface area contributed by atoms with Crippen molar-refractivity contribution in [1.82, 2.24) is 16.2 Å². The van der Waals surface area contributed by atoms with E-state index in [1.807, 2.05) is 6.92 Å². The van der Waals surface area contributed by atoms with Crippen LogP contribution in [0.3, 0.4) is 0 Å². The molecular weight excluding hydrogens is 474 g/mol. The molecule has 2 aromatic rings. The Hall–Kier alpha value is -2.58. The second-order valence-electron chi connectivity index (χ2n) is 6.47. The Morgan fingerprint density at radius 1 is 1.00 bits per heavy atom. The molecule has 0 bridgehead atoms. The van der Waals surface area contributed by atoms with Gasteiger partial charge in [0.25, 0.3) is 5.91 Å². The molecule has 3 amide bonds. The lowest BCUT2D eigenvalue weighted by atomic mass is 10.2. The van der Waals surface area contributed by atoms with Crippen molar-refractivity contribution in [2.75, 3.05) is 13.2 Å². The summed E-state index contributed by atoms with van der Waals surface area (Å²) in [7, 11) is 0. The van der Waals surface area contributed by atoms with Crippen LogP contribution in [-0.2, 0) is 9.59 Å². The van der Waals surface area contributed by atoms with Crippen LogP contribution in [-0.4, -0.2) is 30.9 Å². The predicted molar refractivity (Wildman–Crippen MR) is 118 cm³/mol. The van der Waals surface area contributed by atoms with Crippen LogP contribution in [0.2, 0.25) is 5.02 Å². The maximum absolute atomic E-state index is 11.9. The molecule has 0 heterocycles. The Morgan fingerprint density at radius 2 is 1.67 bits per heavy atom. The van der Waals surface area contributed by atoms with E-state index < -0.39 is 5.91 Å². The molecule has 0 aliphatic heterocycles. The Kier molecular flexibility index (Phi) is 9.63. The molecule has 9 heteroatoms. The third-order valence-corrected chi connectivity index (χ3v) is 4.79. The van der Waals surface area contributed by atoms with Crippen molar-refractivity contribution in [2.45, 2.75) is 26.2 Å². The minimum Gasteiger partial charge on any atom is -0.493 e. The second kappa shape index (κ2) is 12.2. The number of hydrazine groups is 1. The van der Waals surface area contributed by atoms with Gasteiger partial charge in [-0.15, -0.1) is 0 Å². The van der Waals surface area contributed by atoms with Crippen LogP contribution in [0.1, 0.15) is 35.2 Å². The summed E-state index contributed by atoms with van der Waals surface area (Å²) >= 11 is 9.20. The Bertz CT molecular complexity index is 890. The van der Waals surface area contributed by atoms with Gasteiger partial charge in [0.1, 0.15) is 5.75 Å². The number of halogens is 2.